The number of hydrogen-bond acceptors (Lipinski definition) is 5. The number of nitrogens with zero attached hydrogens (tertiary/aromatic N) is 2. The summed E-state index contributed by atoms with van der Waals surface area (Å²) in [7, 11) is 1.62. The van der Waals surface area contributed by atoms with Crippen molar-refractivity contribution in [3.05, 3.63) is 46.3 Å². The Hall–Kier alpha value is -1.89. The van der Waals surface area contributed by atoms with E-state index in [-0.39, 0.29) is 11.6 Å². The van der Waals surface area contributed by atoms with Gasteiger partial charge in [-0.05, 0) is 24.6 Å². The minimum absolute atomic E-state index is 0.252. The zero-order valence-electron chi connectivity index (χ0n) is 12.5. The highest BCUT2D eigenvalue weighted by Gasteiger charge is 2.07. The van der Waals surface area contributed by atoms with Gasteiger partial charge in [0, 0.05) is 25.9 Å². The number of halogens is 2. The average molecular weight is 355 g/mol. The van der Waals surface area contributed by atoms with Gasteiger partial charge in [-0.1, -0.05) is 23.2 Å². The van der Waals surface area contributed by atoms with Gasteiger partial charge in [0.2, 0.25) is 0 Å². The number of amides is 1. The fourth-order valence-corrected chi connectivity index (χ4v) is 2.04. The molecule has 0 radical (unpaired) electrons. The third kappa shape index (κ3) is 5.35. The Kier molecular flexibility index (Phi) is 6.58. The Bertz CT molecular complexity index is 665. The normalized spacial score (nSPS) is 10.4. The molecule has 0 atom stereocenters. The number of nitrogens with one attached hydrogen (secondary N) is 2. The summed E-state index contributed by atoms with van der Waals surface area (Å²) in [5.41, 5.74) is 0.979. The van der Waals surface area contributed by atoms with Crippen LogP contribution >= 0.6 is 23.2 Å². The molecule has 0 saturated carbocycles. The summed E-state index contributed by atoms with van der Waals surface area (Å²) < 4.78 is 4.91. The molecule has 6 nitrogen and oxygen atoms in total. The first kappa shape index (κ1) is 17.5. The van der Waals surface area contributed by atoms with Crippen molar-refractivity contribution in [2.45, 2.75) is 6.42 Å². The lowest BCUT2D eigenvalue weighted by molar-refractivity contribution is 0.0943. The molecule has 2 N–H and O–H groups in total. The summed E-state index contributed by atoms with van der Waals surface area (Å²) in [6.45, 7) is 1.12. The number of hydrogen-bond donors (Lipinski definition) is 2. The lowest BCUT2D eigenvalue weighted by Gasteiger charge is -2.07. The monoisotopic (exact) mass is 354 g/mol. The maximum atomic E-state index is 11.9. The molecule has 0 unspecified atom stereocenters. The van der Waals surface area contributed by atoms with E-state index in [1.165, 1.54) is 12.4 Å². The Morgan fingerprint density at radius 1 is 1.22 bits per heavy atom. The molecular formula is C15H16Cl2N4O2. The fraction of sp³-hybridized carbons (Fsp3) is 0.267. The predicted octanol–water partition coefficient (Wildman–Crippen LogP) is 3.29. The van der Waals surface area contributed by atoms with Gasteiger partial charge in [0.15, 0.2) is 0 Å². The average Bonchev–Trinajstić information content (AvgIpc) is 2.55. The van der Waals surface area contributed by atoms with Crippen molar-refractivity contribution >= 4 is 40.6 Å². The standard InChI is InChI=1S/C15H16Cl2N4O2/c1-23-6-2-5-18-15(22)13-8-20-14(9-19-13)21-10-3-4-11(16)12(17)7-10/h3-4,7-9H,2,5-6H2,1H3,(H,18,22)(H,20,21). The number of ether oxygens (including phenoxy) is 1. The van der Waals surface area contributed by atoms with Crippen LogP contribution < -0.4 is 10.6 Å². The molecule has 0 spiro atoms. The topological polar surface area (TPSA) is 76.1 Å². The van der Waals surface area contributed by atoms with Crippen molar-refractivity contribution in [3.63, 3.8) is 0 Å². The Labute approximate surface area is 144 Å². The van der Waals surface area contributed by atoms with Crippen LogP contribution in [-0.4, -0.2) is 36.1 Å². The molecule has 2 rings (SSSR count). The Morgan fingerprint density at radius 3 is 2.70 bits per heavy atom. The molecule has 0 saturated heterocycles. The van der Waals surface area contributed by atoms with Gasteiger partial charge in [0.1, 0.15) is 11.5 Å². The highest BCUT2D eigenvalue weighted by Crippen LogP contribution is 2.26. The third-order valence-corrected chi connectivity index (χ3v) is 3.63. The number of rotatable bonds is 7. The largest absolute Gasteiger partial charge is 0.385 e. The fourth-order valence-electron chi connectivity index (χ4n) is 1.74. The van der Waals surface area contributed by atoms with E-state index in [0.717, 1.165) is 12.1 Å². The van der Waals surface area contributed by atoms with Crippen molar-refractivity contribution in [1.82, 2.24) is 15.3 Å². The molecule has 1 heterocycles. The summed E-state index contributed by atoms with van der Waals surface area (Å²) >= 11 is 11.8. The maximum Gasteiger partial charge on any atom is 0.271 e. The third-order valence-electron chi connectivity index (χ3n) is 2.89. The smallest absolute Gasteiger partial charge is 0.271 e. The molecule has 1 aromatic carbocycles. The first-order chi connectivity index (χ1) is 11.1. The molecule has 0 fully saturated rings. The summed E-state index contributed by atoms with van der Waals surface area (Å²) in [6.07, 6.45) is 3.63. The van der Waals surface area contributed by atoms with Gasteiger partial charge in [-0.2, -0.15) is 0 Å². The first-order valence-corrected chi connectivity index (χ1v) is 7.67. The highest BCUT2D eigenvalue weighted by molar-refractivity contribution is 6.42. The van der Waals surface area contributed by atoms with Crippen molar-refractivity contribution < 1.29 is 9.53 Å². The van der Waals surface area contributed by atoms with E-state index in [4.69, 9.17) is 27.9 Å². The molecule has 0 bridgehead atoms. The van der Waals surface area contributed by atoms with Crippen molar-refractivity contribution in [2.75, 3.05) is 25.6 Å². The SMILES string of the molecule is COCCCNC(=O)c1cnc(Nc2ccc(Cl)c(Cl)c2)cn1. The van der Waals surface area contributed by atoms with Gasteiger partial charge in [-0.25, -0.2) is 9.97 Å². The number of anilines is 2. The Balaban J connectivity index is 1.93. The molecule has 1 amide bonds. The quantitative estimate of drug-likeness (QED) is 0.746. The van der Waals surface area contributed by atoms with E-state index in [1.54, 1.807) is 25.3 Å². The first-order valence-electron chi connectivity index (χ1n) is 6.91. The zero-order valence-corrected chi connectivity index (χ0v) is 14.0. The summed E-state index contributed by atoms with van der Waals surface area (Å²) in [5.74, 6) is 0.231. The molecule has 0 aliphatic carbocycles. The number of aromatic nitrogens is 2. The highest BCUT2D eigenvalue weighted by atomic mass is 35.5. The van der Waals surface area contributed by atoms with Crippen LogP contribution in [0.1, 0.15) is 16.9 Å². The van der Waals surface area contributed by atoms with Gasteiger partial charge in [0.25, 0.3) is 5.91 Å². The van der Waals surface area contributed by atoms with Gasteiger partial charge >= 0.3 is 0 Å². The van der Waals surface area contributed by atoms with Crippen molar-refractivity contribution in [3.8, 4) is 0 Å². The minimum Gasteiger partial charge on any atom is -0.385 e. The molecule has 1 aromatic heterocycles. The Morgan fingerprint density at radius 2 is 2.04 bits per heavy atom. The van der Waals surface area contributed by atoms with Crippen LogP contribution in [0.3, 0.4) is 0 Å². The van der Waals surface area contributed by atoms with E-state index in [1.807, 2.05) is 0 Å². The van der Waals surface area contributed by atoms with Crippen LogP contribution in [0.2, 0.25) is 10.0 Å². The van der Waals surface area contributed by atoms with Gasteiger partial charge < -0.3 is 15.4 Å². The molecule has 0 aliphatic heterocycles. The summed E-state index contributed by atoms with van der Waals surface area (Å²) in [6, 6.07) is 5.13. The zero-order chi connectivity index (χ0) is 16.7. The second-order valence-corrected chi connectivity index (χ2v) is 5.46. The number of benzene rings is 1. The van der Waals surface area contributed by atoms with E-state index in [9.17, 15) is 4.79 Å². The van der Waals surface area contributed by atoms with Crippen LogP contribution in [0.25, 0.3) is 0 Å². The van der Waals surface area contributed by atoms with Gasteiger partial charge in [-0.15, -0.1) is 0 Å². The molecule has 0 aliphatic rings. The van der Waals surface area contributed by atoms with Crippen LogP contribution in [-0.2, 0) is 4.74 Å². The van der Waals surface area contributed by atoms with Crippen LogP contribution in [0, 0.1) is 0 Å². The van der Waals surface area contributed by atoms with E-state index in [0.29, 0.717) is 29.0 Å². The molecular weight excluding hydrogens is 339 g/mol. The van der Waals surface area contributed by atoms with Crippen LogP contribution in [0.5, 0.6) is 0 Å². The minimum atomic E-state index is -0.269. The number of carbonyl (C=O) groups is 1. The second kappa shape index (κ2) is 8.67. The number of methoxy groups -OCH3 is 1. The lowest BCUT2D eigenvalue weighted by Crippen LogP contribution is -2.26. The van der Waals surface area contributed by atoms with E-state index < -0.39 is 0 Å². The van der Waals surface area contributed by atoms with E-state index >= 15 is 0 Å². The molecule has 122 valence electrons. The lowest BCUT2D eigenvalue weighted by atomic mass is 10.3. The van der Waals surface area contributed by atoms with Crippen LogP contribution in [0.4, 0.5) is 11.5 Å². The van der Waals surface area contributed by atoms with Crippen molar-refractivity contribution in [2.24, 2.45) is 0 Å². The maximum absolute atomic E-state index is 11.9. The van der Waals surface area contributed by atoms with Gasteiger partial charge in [-0.3, -0.25) is 4.79 Å². The predicted molar refractivity (Wildman–Crippen MR) is 90.6 cm³/mol. The molecule has 8 heteroatoms. The molecule has 23 heavy (non-hydrogen) atoms. The molecule has 2 aromatic rings. The van der Waals surface area contributed by atoms with Crippen molar-refractivity contribution in [1.29, 1.82) is 0 Å². The number of carbonyl (C=O) groups excluding carboxylic acids is 1. The van der Waals surface area contributed by atoms with Crippen LogP contribution in [0.15, 0.2) is 30.6 Å². The summed E-state index contributed by atoms with van der Waals surface area (Å²) in [5, 5.41) is 6.69. The van der Waals surface area contributed by atoms with Gasteiger partial charge in [0.05, 0.1) is 22.4 Å². The second-order valence-electron chi connectivity index (χ2n) is 4.64. The summed E-state index contributed by atoms with van der Waals surface area (Å²) in [4.78, 5) is 20.1. The van der Waals surface area contributed by atoms with E-state index in [2.05, 4.69) is 20.6 Å².